The lowest BCUT2D eigenvalue weighted by Gasteiger charge is -2.11. The number of hydrogen-bond donors (Lipinski definition) is 2. The fourth-order valence-electron chi connectivity index (χ4n) is 2.98. The number of rotatable bonds is 11. The molecule has 0 bridgehead atoms. The Labute approximate surface area is 195 Å². The van der Waals surface area contributed by atoms with Gasteiger partial charge in [-0.3, -0.25) is 9.59 Å². The molecule has 0 saturated carbocycles. The van der Waals surface area contributed by atoms with Crippen molar-refractivity contribution >= 4 is 29.3 Å². The number of aromatic nitrogens is 3. The molecule has 33 heavy (non-hydrogen) atoms. The summed E-state index contributed by atoms with van der Waals surface area (Å²) in [7, 11) is 1.57. The van der Waals surface area contributed by atoms with Crippen molar-refractivity contribution in [2.75, 3.05) is 18.2 Å². The minimum absolute atomic E-state index is 0.0524. The molecule has 2 amide bonds. The van der Waals surface area contributed by atoms with Gasteiger partial charge in [-0.05, 0) is 42.8 Å². The topological polar surface area (TPSA) is 98.1 Å². The van der Waals surface area contributed by atoms with Gasteiger partial charge in [-0.15, -0.1) is 10.2 Å². The Hall–Kier alpha value is -3.40. The molecule has 0 aliphatic rings. The summed E-state index contributed by atoms with van der Waals surface area (Å²) in [6.45, 7) is 2.93. The van der Waals surface area contributed by atoms with Crippen molar-refractivity contribution in [1.29, 1.82) is 0 Å². The van der Waals surface area contributed by atoms with Gasteiger partial charge in [-0.25, -0.2) is 4.39 Å². The van der Waals surface area contributed by atoms with Crippen molar-refractivity contribution in [2.24, 2.45) is 0 Å². The van der Waals surface area contributed by atoms with Crippen molar-refractivity contribution in [3.63, 3.8) is 0 Å². The third kappa shape index (κ3) is 6.79. The molecule has 0 aliphatic heterocycles. The first-order valence-corrected chi connectivity index (χ1v) is 11.5. The predicted molar refractivity (Wildman–Crippen MR) is 125 cm³/mol. The number of thioether (sulfide) groups is 1. The fraction of sp³-hybridized carbons (Fsp3) is 0.304. The molecule has 1 heterocycles. The van der Waals surface area contributed by atoms with Gasteiger partial charge in [0.1, 0.15) is 11.6 Å². The van der Waals surface area contributed by atoms with E-state index in [9.17, 15) is 14.0 Å². The number of methoxy groups -OCH3 is 1. The molecule has 2 N–H and O–H groups in total. The molecule has 0 radical (unpaired) electrons. The Morgan fingerprint density at radius 2 is 1.88 bits per heavy atom. The number of carbonyl (C=O) groups excluding carboxylic acids is 2. The quantitative estimate of drug-likeness (QED) is 0.412. The lowest BCUT2D eigenvalue weighted by molar-refractivity contribution is -0.113. The summed E-state index contributed by atoms with van der Waals surface area (Å²) in [5.74, 6) is 0.257. The summed E-state index contributed by atoms with van der Waals surface area (Å²) in [6, 6.07) is 12.8. The Balaban J connectivity index is 1.61. The highest BCUT2D eigenvalue weighted by Crippen LogP contribution is 2.20. The maximum absolute atomic E-state index is 13.7. The van der Waals surface area contributed by atoms with E-state index in [4.69, 9.17) is 4.74 Å². The third-order valence-electron chi connectivity index (χ3n) is 4.77. The van der Waals surface area contributed by atoms with Gasteiger partial charge in [0.05, 0.1) is 25.1 Å². The molecular formula is C23H26FN5O3S. The molecule has 2 aromatic carbocycles. The van der Waals surface area contributed by atoms with Gasteiger partial charge in [0, 0.05) is 12.1 Å². The van der Waals surface area contributed by atoms with Gasteiger partial charge in [0.25, 0.3) is 5.91 Å². The lowest BCUT2D eigenvalue weighted by atomic mass is 10.2. The van der Waals surface area contributed by atoms with Gasteiger partial charge in [0.15, 0.2) is 11.0 Å². The van der Waals surface area contributed by atoms with E-state index in [1.165, 1.54) is 23.9 Å². The smallest absolute Gasteiger partial charge is 0.251 e. The van der Waals surface area contributed by atoms with Gasteiger partial charge >= 0.3 is 0 Å². The van der Waals surface area contributed by atoms with Crippen LogP contribution in [0.2, 0.25) is 0 Å². The van der Waals surface area contributed by atoms with Crippen LogP contribution in [0, 0.1) is 5.82 Å². The average molecular weight is 472 g/mol. The number of ether oxygens (including phenoxy) is 1. The molecule has 1 aromatic heterocycles. The number of nitrogens with zero attached hydrogens (tertiary/aromatic N) is 3. The van der Waals surface area contributed by atoms with Crippen LogP contribution < -0.4 is 15.4 Å². The molecule has 0 spiro atoms. The molecule has 0 fully saturated rings. The van der Waals surface area contributed by atoms with Crippen LogP contribution >= 0.6 is 11.8 Å². The number of para-hydroxylation sites is 1. The number of unbranched alkanes of at least 4 members (excludes halogenated alkanes) is 1. The predicted octanol–water partition coefficient (Wildman–Crippen LogP) is 3.89. The normalized spacial score (nSPS) is 10.6. The summed E-state index contributed by atoms with van der Waals surface area (Å²) < 4.78 is 20.8. The zero-order chi connectivity index (χ0) is 23.6. The molecule has 0 saturated heterocycles. The van der Waals surface area contributed by atoms with E-state index in [1.54, 1.807) is 43.5 Å². The second-order valence-electron chi connectivity index (χ2n) is 7.13. The van der Waals surface area contributed by atoms with E-state index in [-0.39, 0.29) is 29.8 Å². The van der Waals surface area contributed by atoms with Crippen LogP contribution in [0.15, 0.2) is 53.7 Å². The van der Waals surface area contributed by atoms with Crippen LogP contribution in [0.3, 0.4) is 0 Å². The Morgan fingerprint density at radius 1 is 1.12 bits per heavy atom. The minimum atomic E-state index is -0.489. The molecule has 0 unspecified atom stereocenters. The summed E-state index contributed by atoms with van der Waals surface area (Å²) >= 11 is 1.21. The van der Waals surface area contributed by atoms with Gasteiger partial charge in [-0.1, -0.05) is 37.2 Å². The molecule has 8 nitrogen and oxygen atoms in total. The Morgan fingerprint density at radius 3 is 2.58 bits per heavy atom. The van der Waals surface area contributed by atoms with E-state index >= 15 is 0 Å². The van der Waals surface area contributed by atoms with Crippen molar-refractivity contribution in [1.82, 2.24) is 20.1 Å². The van der Waals surface area contributed by atoms with Crippen LogP contribution in [0.1, 0.15) is 35.9 Å². The number of hydrogen-bond acceptors (Lipinski definition) is 6. The highest BCUT2D eigenvalue weighted by atomic mass is 32.2. The first-order valence-electron chi connectivity index (χ1n) is 10.5. The molecule has 0 atom stereocenters. The monoisotopic (exact) mass is 471 g/mol. The summed E-state index contributed by atoms with van der Waals surface area (Å²) in [5, 5.41) is 14.4. The molecule has 3 aromatic rings. The van der Waals surface area contributed by atoms with Crippen LogP contribution in [0.5, 0.6) is 5.75 Å². The molecule has 174 valence electrons. The van der Waals surface area contributed by atoms with Crippen LogP contribution in [-0.2, 0) is 17.9 Å². The zero-order valence-electron chi connectivity index (χ0n) is 18.5. The van der Waals surface area contributed by atoms with Crippen LogP contribution in [0.4, 0.5) is 10.1 Å². The van der Waals surface area contributed by atoms with Crippen LogP contribution in [0.25, 0.3) is 0 Å². The highest BCUT2D eigenvalue weighted by molar-refractivity contribution is 7.99. The first-order chi connectivity index (χ1) is 16.0. The minimum Gasteiger partial charge on any atom is -0.497 e. The molecular weight excluding hydrogens is 445 g/mol. The highest BCUT2D eigenvalue weighted by Gasteiger charge is 2.16. The van der Waals surface area contributed by atoms with E-state index in [2.05, 4.69) is 27.8 Å². The lowest BCUT2D eigenvalue weighted by Crippen LogP contribution is -2.25. The second-order valence-corrected chi connectivity index (χ2v) is 8.07. The Kier molecular flexibility index (Phi) is 8.82. The largest absolute Gasteiger partial charge is 0.497 e. The van der Waals surface area contributed by atoms with E-state index in [0.717, 1.165) is 12.8 Å². The van der Waals surface area contributed by atoms with E-state index in [1.807, 2.05) is 4.57 Å². The maximum atomic E-state index is 13.7. The Bertz CT molecular complexity index is 1090. The van der Waals surface area contributed by atoms with Crippen molar-refractivity contribution in [3.8, 4) is 5.75 Å². The van der Waals surface area contributed by atoms with Crippen LogP contribution in [-0.4, -0.2) is 39.4 Å². The number of amides is 2. The van der Waals surface area contributed by atoms with Gasteiger partial charge in [0.2, 0.25) is 5.91 Å². The second kappa shape index (κ2) is 12.0. The standard InChI is InChI=1S/C23H26FN5O3S/c1-3-4-13-29-20(14-25-22(31)16-9-11-17(32-2)12-10-16)27-28-23(29)33-15-21(30)26-19-8-6-5-7-18(19)24/h5-12H,3-4,13-15H2,1-2H3,(H,25,31)(H,26,30). The SMILES string of the molecule is CCCCn1c(CNC(=O)c2ccc(OC)cc2)nnc1SCC(=O)Nc1ccccc1F. The fourth-order valence-corrected chi connectivity index (χ4v) is 3.76. The average Bonchev–Trinajstić information content (AvgIpc) is 3.22. The zero-order valence-corrected chi connectivity index (χ0v) is 19.3. The first kappa shape index (κ1) is 24.2. The molecule has 10 heteroatoms. The van der Waals surface area contributed by atoms with Crippen molar-refractivity contribution < 1.29 is 18.7 Å². The number of halogens is 1. The van der Waals surface area contributed by atoms with E-state index < -0.39 is 5.82 Å². The third-order valence-corrected chi connectivity index (χ3v) is 5.74. The van der Waals surface area contributed by atoms with Gasteiger partial charge < -0.3 is 19.9 Å². The molecule has 0 aliphatic carbocycles. The number of benzene rings is 2. The van der Waals surface area contributed by atoms with Crippen molar-refractivity contribution in [3.05, 3.63) is 65.7 Å². The number of carbonyl (C=O) groups is 2. The maximum Gasteiger partial charge on any atom is 0.251 e. The van der Waals surface area contributed by atoms with E-state index in [0.29, 0.717) is 28.8 Å². The van der Waals surface area contributed by atoms with Gasteiger partial charge in [-0.2, -0.15) is 0 Å². The summed E-state index contributed by atoms with van der Waals surface area (Å²) in [5.41, 5.74) is 0.646. The number of nitrogens with one attached hydrogen (secondary N) is 2. The number of anilines is 1. The summed E-state index contributed by atoms with van der Waals surface area (Å²) in [4.78, 5) is 24.7. The summed E-state index contributed by atoms with van der Waals surface area (Å²) in [6.07, 6.45) is 1.86. The van der Waals surface area contributed by atoms with Crippen molar-refractivity contribution in [2.45, 2.75) is 38.0 Å². The molecule has 3 rings (SSSR count).